The Morgan fingerprint density at radius 2 is 2.00 bits per heavy atom. The lowest BCUT2D eigenvalue weighted by Gasteiger charge is -2.31. The molecule has 2 aliphatic rings. The van der Waals surface area contributed by atoms with Crippen molar-refractivity contribution in [3.05, 3.63) is 0 Å². The Kier molecular flexibility index (Phi) is 4.70. The van der Waals surface area contributed by atoms with Crippen LogP contribution >= 0.6 is 22.6 Å². The van der Waals surface area contributed by atoms with E-state index in [2.05, 4.69) is 22.6 Å². The largest absolute Gasteiger partial charge is 0.376 e. The van der Waals surface area contributed by atoms with Gasteiger partial charge in [-0.3, -0.25) is 0 Å². The Hall–Kier alpha value is 0.650. The van der Waals surface area contributed by atoms with Gasteiger partial charge in [-0.25, -0.2) is 0 Å². The maximum atomic E-state index is 6.15. The molecule has 2 rings (SSSR count). The summed E-state index contributed by atoms with van der Waals surface area (Å²) in [6, 6.07) is 0. The van der Waals surface area contributed by atoms with Crippen LogP contribution in [0.2, 0.25) is 0 Å². The first kappa shape index (κ1) is 12.1. The first-order valence-corrected chi connectivity index (χ1v) is 7.69. The first-order valence-electron chi connectivity index (χ1n) is 6.16. The van der Waals surface area contributed by atoms with E-state index in [-0.39, 0.29) is 5.60 Å². The third-order valence-electron chi connectivity index (χ3n) is 3.61. The molecule has 3 heteroatoms. The highest BCUT2D eigenvalue weighted by atomic mass is 127. The quantitative estimate of drug-likeness (QED) is 0.583. The predicted molar refractivity (Wildman–Crippen MR) is 69.6 cm³/mol. The van der Waals surface area contributed by atoms with Gasteiger partial charge < -0.3 is 9.47 Å². The molecule has 1 heterocycles. The fourth-order valence-electron chi connectivity index (χ4n) is 2.54. The lowest BCUT2D eigenvalue weighted by Crippen LogP contribution is -2.36. The van der Waals surface area contributed by atoms with Crippen molar-refractivity contribution in [1.29, 1.82) is 0 Å². The van der Waals surface area contributed by atoms with E-state index in [1.807, 2.05) is 0 Å². The average Bonchev–Trinajstić information content (AvgIpc) is 2.77. The minimum Gasteiger partial charge on any atom is -0.376 e. The fourth-order valence-corrected chi connectivity index (χ4v) is 3.53. The summed E-state index contributed by atoms with van der Waals surface area (Å²) in [6.07, 6.45) is 9.30. The molecule has 1 saturated carbocycles. The van der Waals surface area contributed by atoms with Crippen LogP contribution in [0.1, 0.15) is 44.9 Å². The van der Waals surface area contributed by atoms with Gasteiger partial charge in [-0.05, 0) is 32.1 Å². The van der Waals surface area contributed by atoms with Gasteiger partial charge in [0.15, 0.2) is 0 Å². The Labute approximate surface area is 106 Å². The number of ether oxygens (including phenoxy) is 2. The molecule has 0 aromatic heterocycles. The van der Waals surface area contributed by atoms with Gasteiger partial charge in [0.05, 0.1) is 18.3 Å². The summed E-state index contributed by atoms with van der Waals surface area (Å²) in [4.78, 5) is 0. The molecular weight excluding hydrogens is 303 g/mol. The Morgan fingerprint density at radius 1 is 1.20 bits per heavy atom. The maximum Gasteiger partial charge on any atom is 0.0808 e. The number of alkyl halides is 1. The van der Waals surface area contributed by atoms with Crippen molar-refractivity contribution in [2.45, 2.75) is 56.7 Å². The van der Waals surface area contributed by atoms with Gasteiger partial charge in [0, 0.05) is 11.0 Å². The molecule has 0 radical (unpaired) electrons. The van der Waals surface area contributed by atoms with E-state index >= 15 is 0 Å². The second-order valence-corrected chi connectivity index (χ2v) is 5.59. The van der Waals surface area contributed by atoms with Gasteiger partial charge in [-0.15, -0.1) is 0 Å². The average molecular weight is 324 g/mol. The molecule has 1 saturated heterocycles. The molecule has 1 aliphatic heterocycles. The minimum atomic E-state index is 0.196. The molecule has 1 atom stereocenters. The molecule has 0 aromatic carbocycles. The first-order chi connectivity index (χ1) is 7.35. The Bertz CT molecular complexity index is 184. The zero-order valence-electron chi connectivity index (χ0n) is 9.34. The number of hydrogen-bond donors (Lipinski definition) is 0. The molecule has 88 valence electrons. The molecule has 0 bridgehead atoms. The predicted octanol–water partition coefficient (Wildman–Crippen LogP) is 3.32. The molecular formula is C12H21IO2. The van der Waals surface area contributed by atoms with E-state index in [0.717, 1.165) is 17.6 Å². The smallest absolute Gasteiger partial charge is 0.0808 e. The van der Waals surface area contributed by atoms with Crippen molar-refractivity contribution in [1.82, 2.24) is 0 Å². The summed E-state index contributed by atoms with van der Waals surface area (Å²) in [6.45, 7) is 1.76. The normalized spacial score (nSPS) is 30.6. The van der Waals surface area contributed by atoms with E-state index in [1.54, 1.807) is 0 Å². The summed E-state index contributed by atoms with van der Waals surface area (Å²) in [5.74, 6) is 0. The highest BCUT2D eigenvalue weighted by Gasteiger charge is 2.34. The van der Waals surface area contributed by atoms with Gasteiger partial charge in [-0.2, -0.15) is 0 Å². The van der Waals surface area contributed by atoms with Crippen molar-refractivity contribution in [3.8, 4) is 0 Å². The van der Waals surface area contributed by atoms with Gasteiger partial charge in [0.1, 0.15) is 0 Å². The topological polar surface area (TPSA) is 18.5 Å². The SMILES string of the molecule is ICC1(OCC2CCCCO2)CCCC1. The molecule has 0 N–H and O–H groups in total. The van der Waals surface area contributed by atoms with E-state index in [0.29, 0.717) is 6.10 Å². The van der Waals surface area contributed by atoms with Crippen LogP contribution in [0.5, 0.6) is 0 Å². The van der Waals surface area contributed by atoms with Gasteiger partial charge >= 0.3 is 0 Å². The number of rotatable bonds is 4. The standard InChI is InChI=1S/C12H21IO2/c13-10-12(6-2-3-7-12)15-9-11-5-1-4-8-14-11/h11H,1-10H2. The molecule has 2 fully saturated rings. The summed E-state index contributed by atoms with van der Waals surface area (Å²) < 4.78 is 13.0. The molecule has 15 heavy (non-hydrogen) atoms. The van der Waals surface area contributed by atoms with Gasteiger partial charge in [0.25, 0.3) is 0 Å². The second-order valence-electron chi connectivity index (χ2n) is 4.82. The van der Waals surface area contributed by atoms with Crippen molar-refractivity contribution in [2.24, 2.45) is 0 Å². The lowest BCUT2D eigenvalue weighted by molar-refractivity contribution is -0.0941. The minimum absolute atomic E-state index is 0.196. The number of hydrogen-bond acceptors (Lipinski definition) is 2. The molecule has 0 spiro atoms. The monoisotopic (exact) mass is 324 g/mol. The third-order valence-corrected chi connectivity index (χ3v) is 5.00. The van der Waals surface area contributed by atoms with E-state index in [9.17, 15) is 0 Å². The van der Waals surface area contributed by atoms with E-state index in [1.165, 1.54) is 44.9 Å². The van der Waals surface area contributed by atoms with Gasteiger partial charge in [-0.1, -0.05) is 35.4 Å². The van der Waals surface area contributed by atoms with Crippen LogP contribution in [-0.4, -0.2) is 29.3 Å². The van der Waals surface area contributed by atoms with E-state index < -0.39 is 0 Å². The third kappa shape index (κ3) is 3.30. The van der Waals surface area contributed by atoms with Crippen LogP contribution in [0, 0.1) is 0 Å². The van der Waals surface area contributed by atoms with Crippen LogP contribution in [0.15, 0.2) is 0 Å². The van der Waals surface area contributed by atoms with Crippen LogP contribution in [0.3, 0.4) is 0 Å². The Morgan fingerprint density at radius 3 is 2.60 bits per heavy atom. The second kappa shape index (κ2) is 5.82. The van der Waals surface area contributed by atoms with Crippen LogP contribution in [-0.2, 0) is 9.47 Å². The molecule has 0 aromatic rings. The van der Waals surface area contributed by atoms with Crippen molar-refractivity contribution in [3.63, 3.8) is 0 Å². The highest BCUT2D eigenvalue weighted by molar-refractivity contribution is 14.1. The highest BCUT2D eigenvalue weighted by Crippen LogP contribution is 2.35. The molecule has 1 aliphatic carbocycles. The zero-order chi connectivity index (χ0) is 10.6. The lowest BCUT2D eigenvalue weighted by atomic mass is 10.1. The summed E-state index contributed by atoms with van der Waals surface area (Å²) in [7, 11) is 0. The Balaban J connectivity index is 1.75. The molecule has 2 nitrogen and oxygen atoms in total. The molecule has 1 unspecified atom stereocenters. The van der Waals surface area contributed by atoms with E-state index in [4.69, 9.17) is 9.47 Å². The molecule has 0 amide bonds. The number of halogens is 1. The van der Waals surface area contributed by atoms with Crippen molar-refractivity contribution >= 4 is 22.6 Å². The van der Waals surface area contributed by atoms with Crippen molar-refractivity contribution < 1.29 is 9.47 Å². The summed E-state index contributed by atoms with van der Waals surface area (Å²) in [5, 5.41) is 0. The summed E-state index contributed by atoms with van der Waals surface area (Å²) >= 11 is 2.47. The van der Waals surface area contributed by atoms with Crippen LogP contribution in [0.4, 0.5) is 0 Å². The van der Waals surface area contributed by atoms with Crippen molar-refractivity contribution in [2.75, 3.05) is 17.6 Å². The fraction of sp³-hybridized carbons (Fsp3) is 1.00. The van der Waals surface area contributed by atoms with Crippen LogP contribution in [0.25, 0.3) is 0 Å². The zero-order valence-corrected chi connectivity index (χ0v) is 11.5. The van der Waals surface area contributed by atoms with Crippen LogP contribution < -0.4 is 0 Å². The summed E-state index contributed by atoms with van der Waals surface area (Å²) in [5.41, 5.74) is 0.196. The maximum absolute atomic E-state index is 6.15. The van der Waals surface area contributed by atoms with Gasteiger partial charge in [0.2, 0.25) is 0 Å².